The van der Waals surface area contributed by atoms with Gasteiger partial charge in [-0.2, -0.15) is 0 Å². The lowest BCUT2D eigenvalue weighted by molar-refractivity contribution is 0.142. The van der Waals surface area contributed by atoms with Crippen molar-refractivity contribution in [2.75, 3.05) is 6.54 Å². The molecule has 0 bridgehead atoms. The highest BCUT2D eigenvalue weighted by Gasteiger charge is 2.18. The summed E-state index contributed by atoms with van der Waals surface area (Å²) in [5.74, 6) is -0.105. The van der Waals surface area contributed by atoms with Gasteiger partial charge in [-0.15, -0.1) is 0 Å². The molecule has 0 radical (unpaired) electrons. The second kappa shape index (κ2) is 6.38. The number of hydrogen-bond donors (Lipinski definition) is 2. The minimum Gasteiger partial charge on any atom is -0.467 e. The standard InChI is InChI=1S/C14H16FNO4S/c1-10-9-11(15)4-5-14(10)21(18,19)16-7-6-12(17)13-3-2-8-20-13/h2-5,8-9,12,16-17H,6-7H2,1H3/t12-/m1/s1. The number of sulfonamides is 1. The summed E-state index contributed by atoms with van der Waals surface area (Å²) in [4.78, 5) is 0.0244. The first-order valence-electron chi connectivity index (χ1n) is 6.37. The molecule has 2 rings (SSSR count). The van der Waals surface area contributed by atoms with E-state index < -0.39 is 21.9 Å². The zero-order valence-corrected chi connectivity index (χ0v) is 12.2. The zero-order valence-electron chi connectivity index (χ0n) is 11.4. The van der Waals surface area contributed by atoms with Crippen LogP contribution in [0.5, 0.6) is 0 Å². The molecule has 1 atom stereocenters. The molecule has 2 aromatic rings. The first-order chi connectivity index (χ1) is 9.90. The number of halogens is 1. The van der Waals surface area contributed by atoms with Gasteiger partial charge in [-0.05, 0) is 49.2 Å². The van der Waals surface area contributed by atoms with Gasteiger partial charge in [-0.3, -0.25) is 0 Å². The fourth-order valence-corrected chi connectivity index (χ4v) is 3.22. The highest BCUT2D eigenvalue weighted by molar-refractivity contribution is 7.89. The van der Waals surface area contributed by atoms with Crippen molar-refractivity contribution in [2.45, 2.75) is 24.3 Å². The third-order valence-corrected chi connectivity index (χ3v) is 4.63. The number of aliphatic hydroxyl groups is 1. The van der Waals surface area contributed by atoms with Gasteiger partial charge in [-0.1, -0.05) is 0 Å². The van der Waals surface area contributed by atoms with Crippen LogP contribution in [-0.4, -0.2) is 20.1 Å². The SMILES string of the molecule is Cc1cc(F)ccc1S(=O)(=O)NCC[C@@H](O)c1ccco1. The number of nitrogens with one attached hydrogen (secondary N) is 1. The Morgan fingerprint density at radius 3 is 2.76 bits per heavy atom. The summed E-state index contributed by atoms with van der Waals surface area (Å²) in [5.41, 5.74) is 0.328. The van der Waals surface area contributed by atoms with E-state index in [-0.39, 0.29) is 17.9 Å². The number of benzene rings is 1. The molecule has 0 fully saturated rings. The van der Waals surface area contributed by atoms with Crippen LogP contribution in [0.2, 0.25) is 0 Å². The monoisotopic (exact) mass is 313 g/mol. The molecule has 1 aromatic carbocycles. The molecule has 0 aliphatic heterocycles. The number of rotatable bonds is 6. The number of furan rings is 1. The average molecular weight is 313 g/mol. The highest BCUT2D eigenvalue weighted by atomic mass is 32.2. The first kappa shape index (κ1) is 15.7. The summed E-state index contributed by atoms with van der Waals surface area (Å²) in [6.45, 7) is 1.57. The van der Waals surface area contributed by atoms with Crippen molar-refractivity contribution < 1.29 is 22.3 Å². The van der Waals surface area contributed by atoms with E-state index in [1.807, 2.05) is 0 Å². The van der Waals surface area contributed by atoms with E-state index in [4.69, 9.17) is 4.42 Å². The summed E-state index contributed by atoms with van der Waals surface area (Å²) < 4.78 is 44.6. The first-order valence-corrected chi connectivity index (χ1v) is 7.86. The Balaban J connectivity index is 1.98. The van der Waals surface area contributed by atoms with Crippen LogP contribution >= 0.6 is 0 Å². The van der Waals surface area contributed by atoms with Crippen LogP contribution in [-0.2, 0) is 10.0 Å². The van der Waals surface area contributed by atoms with E-state index in [0.717, 1.165) is 12.1 Å². The van der Waals surface area contributed by atoms with Crippen molar-refractivity contribution in [2.24, 2.45) is 0 Å². The van der Waals surface area contributed by atoms with E-state index in [1.165, 1.54) is 19.3 Å². The molecule has 2 N–H and O–H groups in total. The predicted octanol–water partition coefficient (Wildman–Crippen LogP) is 2.13. The van der Waals surface area contributed by atoms with E-state index in [2.05, 4.69) is 4.72 Å². The molecule has 7 heteroatoms. The Kier molecular flexibility index (Phi) is 4.76. The fraction of sp³-hybridized carbons (Fsp3) is 0.286. The normalized spacial score (nSPS) is 13.3. The van der Waals surface area contributed by atoms with Crippen molar-refractivity contribution in [1.29, 1.82) is 0 Å². The maximum atomic E-state index is 13.0. The largest absolute Gasteiger partial charge is 0.467 e. The topological polar surface area (TPSA) is 79.5 Å². The van der Waals surface area contributed by atoms with E-state index in [1.54, 1.807) is 12.1 Å². The van der Waals surface area contributed by atoms with Gasteiger partial charge >= 0.3 is 0 Å². The molecule has 0 amide bonds. The maximum absolute atomic E-state index is 13.0. The van der Waals surface area contributed by atoms with Crippen LogP contribution in [0.3, 0.4) is 0 Å². The Hall–Kier alpha value is -1.70. The number of aryl methyl sites for hydroxylation is 1. The van der Waals surface area contributed by atoms with Crippen LogP contribution in [0.4, 0.5) is 4.39 Å². The summed E-state index contributed by atoms with van der Waals surface area (Å²) in [6.07, 6.45) is 0.731. The van der Waals surface area contributed by atoms with Gasteiger partial charge in [0, 0.05) is 6.54 Å². The fourth-order valence-electron chi connectivity index (χ4n) is 1.95. The molecule has 0 aliphatic carbocycles. The smallest absolute Gasteiger partial charge is 0.240 e. The minimum absolute atomic E-state index is 0.0244. The van der Waals surface area contributed by atoms with Gasteiger partial charge in [-0.25, -0.2) is 17.5 Å². The van der Waals surface area contributed by atoms with Crippen LogP contribution in [0.15, 0.2) is 45.9 Å². The van der Waals surface area contributed by atoms with Gasteiger partial charge < -0.3 is 9.52 Å². The molecule has 0 saturated heterocycles. The summed E-state index contributed by atoms with van der Waals surface area (Å²) in [6, 6.07) is 6.73. The van der Waals surface area contributed by atoms with E-state index in [9.17, 15) is 17.9 Å². The van der Waals surface area contributed by atoms with Crippen molar-refractivity contribution in [3.63, 3.8) is 0 Å². The second-order valence-electron chi connectivity index (χ2n) is 4.63. The highest BCUT2D eigenvalue weighted by Crippen LogP contribution is 2.18. The van der Waals surface area contributed by atoms with E-state index >= 15 is 0 Å². The molecular weight excluding hydrogens is 297 g/mol. The molecule has 0 aliphatic rings. The Bertz CT molecular complexity index is 698. The zero-order chi connectivity index (χ0) is 15.5. The van der Waals surface area contributed by atoms with Crippen LogP contribution < -0.4 is 4.72 Å². The minimum atomic E-state index is -3.73. The van der Waals surface area contributed by atoms with Gasteiger partial charge in [0.2, 0.25) is 10.0 Å². The Labute approximate surface area is 122 Å². The van der Waals surface area contributed by atoms with Gasteiger partial charge in [0.25, 0.3) is 0 Å². The van der Waals surface area contributed by atoms with Gasteiger partial charge in [0.1, 0.15) is 17.7 Å². The second-order valence-corrected chi connectivity index (χ2v) is 6.36. The Morgan fingerprint density at radius 2 is 2.14 bits per heavy atom. The predicted molar refractivity (Wildman–Crippen MR) is 74.6 cm³/mol. The summed E-state index contributed by atoms with van der Waals surface area (Å²) >= 11 is 0. The molecule has 114 valence electrons. The molecule has 21 heavy (non-hydrogen) atoms. The van der Waals surface area contributed by atoms with Gasteiger partial charge in [0.05, 0.1) is 11.2 Å². The lowest BCUT2D eigenvalue weighted by atomic mass is 10.2. The third-order valence-electron chi connectivity index (χ3n) is 3.01. The average Bonchev–Trinajstić information content (AvgIpc) is 2.91. The molecular formula is C14H16FNO4S. The van der Waals surface area contributed by atoms with Crippen LogP contribution in [0.25, 0.3) is 0 Å². The van der Waals surface area contributed by atoms with Crippen LogP contribution in [0, 0.1) is 12.7 Å². The lowest BCUT2D eigenvalue weighted by Gasteiger charge is -2.11. The van der Waals surface area contributed by atoms with Crippen molar-refractivity contribution in [1.82, 2.24) is 4.72 Å². The quantitative estimate of drug-likeness (QED) is 0.856. The molecule has 1 heterocycles. The molecule has 0 unspecified atom stereocenters. The molecule has 0 saturated carbocycles. The number of hydrogen-bond acceptors (Lipinski definition) is 4. The summed E-state index contributed by atoms with van der Waals surface area (Å²) in [5, 5.41) is 9.79. The summed E-state index contributed by atoms with van der Waals surface area (Å²) in [7, 11) is -3.73. The molecule has 1 aromatic heterocycles. The van der Waals surface area contributed by atoms with Crippen molar-refractivity contribution in [3.05, 3.63) is 53.7 Å². The molecule has 0 spiro atoms. The third kappa shape index (κ3) is 3.90. The van der Waals surface area contributed by atoms with Gasteiger partial charge in [0.15, 0.2) is 0 Å². The van der Waals surface area contributed by atoms with Crippen LogP contribution in [0.1, 0.15) is 23.8 Å². The van der Waals surface area contributed by atoms with Crippen molar-refractivity contribution in [3.8, 4) is 0 Å². The number of aliphatic hydroxyl groups excluding tert-OH is 1. The van der Waals surface area contributed by atoms with Crippen molar-refractivity contribution >= 4 is 10.0 Å². The maximum Gasteiger partial charge on any atom is 0.240 e. The molecule has 5 nitrogen and oxygen atoms in total. The Morgan fingerprint density at radius 1 is 1.38 bits per heavy atom. The van der Waals surface area contributed by atoms with E-state index in [0.29, 0.717) is 11.3 Å². The lowest BCUT2D eigenvalue weighted by Crippen LogP contribution is -2.26.